The van der Waals surface area contributed by atoms with E-state index in [1.807, 2.05) is 50.2 Å². The molecule has 1 unspecified atom stereocenters. The monoisotopic (exact) mass is 433 g/mol. The molecule has 1 atom stereocenters. The van der Waals surface area contributed by atoms with Crippen molar-refractivity contribution in [1.29, 1.82) is 0 Å². The fraction of sp³-hybridized carbons (Fsp3) is 0.227. The molecule has 0 spiro atoms. The standard InChI is InChI=1S/C22H23N7O3/c1-14(2)11-18(21-27-20(29-32-21)19-23-13-24-28-19)26-22(30)25-15-7-6-10-17(12-15)31-16-8-4-3-5-9-16/h3-10,12-14,18H,11H2,1-2H3,(H,23,24,28)(H2,25,26,30). The number of H-pyrrole nitrogens is 1. The number of amides is 2. The molecule has 0 aliphatic carbocycles. The van der Waals surface area contributed by atoms with Crippen molar-refractivity contribution in [2.45, 2.75) is 26.3 Å². The van der Waals surface area contributed by atoms with Crippen LogP contribution in [0.15, 0.2) is 65.4 Å². The van der Waals surface area contributed by atoms with Crippen LogP contribution in [-0.4, -0.2) is 31.4 Å². The van der Waals surface area contributed by atoms with E-state index in [0.717, 1.165) is 0 Å². The number of nitrogens with one attached hydrogen (secondary N) is 3. The van der Waals surface area contributed by atoms with E-state index in [0.29, 0.717) is 35.3 Å². The van der Waals surface area contributed by atoms with Gasteiger partial charge < -0.3 is 19.9 Å². The maximum atomic E-state index is 12.7. The van der Waals surface area contributed by atoms with Gasteiger partial charge in [-0.05, 0) is 36.6 Å². The zero-order chi connectivity index (χ0) is 22.3. The van der Waals surface area contributed by atoms with E-state index in [1.54, 1.807) is 18.2 Å². The summed E-state index contributed by atoms with van der Waals surface area (Å²) < 4.78 is 11.2. The third-order valence-electron chi connectivity index (χ3n) is 4.45. The summed E-state index contributed by atoms with van der Waals surface area (Å²) in [7, 11) is 0. The van der Waals surface area contributed by atoms with Crippen molar-refractivity contribution in [1.82, 2.24) is 30.6 Å². The molecule has 0 bridgehead atoms. The van der Waals surface area contributed by atoms with Gasteiger partial charge in [0, 0.05) is 11.8 Å². The molecule has 2 heterocycles. The predicted octanol–water partition coefficient (Wildman–Crippen LogP) is 4.56. The van der Waals surface area contributed by atoms with Gasteiger partial charge >= 0.3 is 6.03 Å². The summed E-state index contributed by atoms with van der Waals surface area (Å²) in [5.74, 6) is 2.57. The smallest absolute Gasteiger partial charge is 0.319 e. The van der Waals surface area contributed by atoms with E-state index < -0.39 is 12.1 Å². The molecule has 4 aromatic rings. The maximum absolute atomic E-state index is 12.7. The van der Waals surface area contributed by atoms with Gasteiger partial charge in [0.15, 0.2) is 5.82 Å². The van der Waals surface area contributed by atoms with Crippen molar-refractivity contribution in [2.24, 2.45) is 5.92 Å². The minimum atomic E-state index is -0.470. The first kappa shape index (κ1) is 21.0. The van der Waals surface area contributed by atoms with Gasteiger partial charge in [-0.2, -0.15) is 10.1 Å². The number of hydrogen-bond acceptors (Lipinski definition) is 7. The molecular formula is C22H23N7O3. The summed E-state index contributed by atoms with van der Waals surface area (Å²) in [6.07, 6.45) is 1.97. The number of aromatic nitrogens is 5. The lowest BCUT2D eigenvalue weighted by atomic mass is 10.0. The van der Waals surface area contributed by atoms with Crippen LogP contribution in [0.2, 0.25) is 0 Å². The summed E-state index contributed by atoms with van der Waals surface area (Å²) in [5, 5.41) is 16.1. The molecule has 0 radical (unpaired) electrons. The Labute approximate surface area is 184 Å². The first-order valence-electron chi connectivity index (χ1n) is 10.2. The fourth-order valence-electron chi connectivity index (χ4n) is 3.07. The lowest BCUT2D eigenvalue weighted by Crippen LogP contribution is -2.33. The Hall–Kier alpha value is -4.21. The van der Waals surface area contributed by atoms with Crippen molar-refractivity contribution in [3.63, 3.8) is 0 Å². The Morgan fingerprint density at radius 1 is 1.12 bits per heavy atom. The van der Waals surface area contributed by atoms with E-state index in [-0.39, 0.29) is 11.7 Å². The van der Waals surface area contributed by atoms with E-state index in [9.17, 15) is 4.79 Å². The summed E-state index contributed by atoms with van der Waals surface area (Å²) in [4.78, 5) is 21.1. The van der Waals surface area contributed by atoms with Crippen LogP contribution in [0.25, 0.3) is 11.6 Å². The van der Waals surface area contributed by atoms with Gasteiger partial charge in [-0.15, -0.1) is 0 Å². The Bertz CT molecular complexity index is 1140. The number of nitrogens with zero attached hydrogens (tertiary/aromatic N) is 4. The number of para-hydroxylation sites is 1. The molecule has 164 valence electrons. The van der Waals surface area contributed by atoms with Gasteiger partial charge in [0.2, 0.25) is 11.7 Å². The largest absolute Gasteiger partial charge is 0.457 e. The Kier molecular flexibility index (Phi) is 6.40. The van der Waals surface area contributed by atoms with Gasteiger partial charge in [0.25, 0.3) is 0 Å². The Balaban J connectivity index is 1.43. The second-order valence-electron chi connectivity index (χ2n) is 7.51. The first-order chi connectivity index (χ1) is 15.6. The van der Waals surface area contributed by atoms with Crippen molar-refractivity contribution < 1.29 is 14.1 Å². The molecule has 2 aromatic heterocycles. The highest BCUT2D eigenvalue weighted by Gasteiger charge is 2.23. The Morgan fingerprint density at radius 3 is 2.69 bits per heavy atom. The molecular weight excluding hydrogens is 410 g/mol. The lowest BCUT2D eigenvalue weighted by Gasteiger charge is -2.17. The van der Waals surface area contributed by atoms with Crippen LogP contribution in [-0.2, 0) is 0 Å². The van der Waals surface area contributed by atoms with Gasteiger partial charge in [0.1, 0.15) is 23.9 Å². The number of rotatable bonds is 8. The third-order valence-corrected chi connectivity index (χ3v) is 4.45. The van der Waals surface area contributed by atoms with Crippen molar-refractivity contribution in [2.75, 3.05) is 5.32 Å². The summed E-state index contributed by atoms with van der Waals surface area (Å²) in [6.45, 7) is 4.09. The topological polar surface area (TPSA) is 131 Å². The Morgan fingerprint density at radius 2 is 1.94 bits per heavy atom. The second-order valence-corrected chi connectivity index (χ2v) is 7.51. The molecule has 0 aliphatic rings. The molecule has 0 fully saturated rings. The molecule has 3 N–H and O–H groups in total. The van der Waals surface area contributed by atoms with Crippen LogP contribution in [0, 0.1) is 5.92 Å². The van der Waals surface area contributed by atoms with Crippen molar-refractivity contribution >= 4 is 11.7 Å². The maximum Gasteiger partial charge on any atom is 0.319 e. The van der Waals surface area contributed by atoms with Crippen LogP contribution >= 0.6 is 0 Å². The minimum absolute atomic E-state index is 0.277. The average Bonchev–Trinajstić information content (AvgIpc) is 3.46. The highest BCUT2D eigenvalue weighted by atomic mass is 16.5. The average molecular weight is 433 g/mol. The van der Waals surface area contributed by atoms with Crippen molar-refractivity contribution in [3.05, 3.63) is 66.8 Å². The van der Waals surface area contributed by atoms with Crippen molar-refractivity contribution in [3.8, 4) is 23.1 Å². The number of carbonyl (C=O) groups excluding carboxylic acids is 1. The summed E-state index contributed by atoms with van der Waals surface area (Å²) in [5.41, 5.74) is 0.590. The third kappa shape index (κ3) is 5.48. The number of hydrogen-bond donors (Lipinski definition) is 3. The molecule has 2 amide bonds. The van der Waals surface area contributed by atoms with Crippen LogP contribution in [0.5, 0.6) is 11.5 Å². The lowest BCUT2D eigenvalue weighted by molar-refractivity contribution is 0.240. The number of urea groups is 1. The number of aromatic amines is 1. The SMILES string of the molecule is CC(C)CC(NC(=O)Nc1cccc(Oc2ccccc2)c1)c1nc(-c2ncn[nH]2)no1. The number of carbonyl (C=O) groups is 1. The molecule has 2 aromatic carbocycles. The van der Waals surface area contributed by atoms with Gasteiger partial charge in [0.05, 0.1) is 0 Å². The van der Waals surface area contributed by atoms with E-state index in [1.165, 1.54) is 6.33 Å². The normalized spacial score (nSPS) is 11.8. The van der Waals surface area contributed by atoms with E-state index >= 15 is 0 Å². The fourth-order valence-corrected chi connectivity index (χ4v) is 3.07. The molecule has 0 aliphatic heterocycles. The predicted molar refractivity (Wildman–Crippen MR) is 117 cm³/mol. The number of anilines is 1. The summed E-state index contributed by atoms with van der Waals surface area (Å²) >= 11 is 0. The first-order valence-corrected chi connectivity index (χ1v) is 10.2. The highest BCUT2D eigenvalue weighted by molar-refractivity contribution is 5.89. The molecule has 32 heavy (non-hydrogen) atoms. The van der Waals surface area contributed by atoms with Gasteiger partial charge in [-0.25, -0.2) is 9.78 Å². The van der Waals surface area contributed by atoms with Gasteiger partial charge in [-0.3, -0.25) is 5.10 Å². The molecule has 0 saturated heterocycles. The zero-order valence-corrected chi connectivity index (χ0v) is 17.6. The number of benzene rings is 2. The molecule has 4 rings (SSSR count). The minimum Gasteiger partial charge on any atom is -0.457 e. The summed E-state index contributed by atoms with van der Waals surface area (Å²) in [6, 6.07) is 15.7. The quantitative estimate of drug-likeness (QED) is 0.371. The van der Waals surface area contributed by atoms with Crippen LogP contribution in [0.4, 0.5) is 10.5 Å². The molecule has 0 saturated carbocycles. The van der Waals surface area contributed by atoms with E-state index in [4.69, 9.17) is 9.26 Å². The molecule has 10 nitrogen and oxygen atoms in total. The van der Waals surface area contributed by atoms with Crippen LogP contribution in [0.1, 0.15) is 32.2 Å². The highest BCUT2D eigenvalue weighted by Crippen LogP contribution is 2.25. The van der Waals surface area contributed by atoms with Crippen LogP contribution < -0.4 is 15.4 Å². The van der Waals surface area contributed by atoms with E-state index in [2.05, 4.69) is 36.0 Å². The molecule has 10 heteroatoms. The number of ether oxygens (including phenoxy) is 1. The van der Waals surface area contributed by atoms with Crippen LogP contribution in [0.3, 0.4) is 0 Å². The van der Waals surface area contributed by atoms with Gasteiger partial charge in [-0.1, -0.05) is 43.3 Å². The second kappa shape index (κ2) is 9.73. The zero-order valence-electron chi connectivity index (χ0n) is 17.6.